The van der Waals surface area contributed by atoms with Crippen LogP contribution in [0.15, 0.2) is 71.8 Å². The molecule has 1 atom stereocenters. The number of aromatic nitrogens is 4. The average molecular weight is 772 g/mol. The molecular weight excluding hydrogens is 719 g/mol. The van der Waals surface area contributed by atoms with E-state index in [2.05, 4.69) is 94.0 Å². The molecule has 3 amide bonds. The lowest BCUT2D eigenvalue weighted by Crippen LogP contribution is -2.47. The molecule has 13 nitrogen and oxygen atoms in total. The van der Waals surface area contributed by atoms with Gasteiger partial charge in [0.15, 0.2) is 0 Å². The molecule has 0 aliphatic carbocycles. The lowest BCUT2D eigenvalue weighted by molar-refractivity contribution is -0.133. The van der Waals surface area contributed by atoms with Gasteiger partial charge in [-0.2, -0.15) is 5.10 Å². The van der Waals surface area contributed by atoms with Crippen LogP contribution in [0, 0.1) is 6.92 Å². The number of benzene rings is 2. The molecule has 3 aromatic heterocycles. The number of H-pyrrole nitrogens is 1. The summed E-state index contributed by atoms with van der Waals surface area (Å²) in [5.41, 5.74) is 7.35. The average Bonchev–Trinajstić information content (AvgIpc) is 3.63. The summed E-state index contributed by atoms with van der Waals surface area (Å²) in [4.78, 5) is 63.1. The second kappa shape index (κ2) is 17.1. The summed E-state index contributed by atoms with van der Waals surface area (Å²) in [5.74, 6) is 0.168. The molecule has 7 rings (SSSR count). The van der Waals surface area contributed by atoms with E-state index < -0.39 is 6.04 Å². The molecule has 1 unspecified atom stereocenters. The van der Waals surface area contributed by atoms with E-state index in [0.29, 0.717) is 30.0 Å². The van der Waals surface area contributed by atoms with E-state index in [-0.39, 0.29) is 35.9 Å². The number of pyridine rings is 2. The fourth-order valence-electron chi connectivity index (χ4n) is 8.13. The van der Waals surface area contributed by atoms with Crippen molar-refractivity contribution in [2.45, 2.75) is 97.4 Å². The van der Waals surface area contributed by atoms with Gasteiger partial charge in [0.1, 0.15) is 11.9 Å². The summed E-state index contributed by atoms with van der Waals surface area (Å²) >= 11 is 0. The van der Waals surface area contributed by atoms with E-state index >= 15 is 0 Å². The quantitative estimate of drug-likeness (QED) is 0.107. The Morgan fingerprint density at radius 2 is 1.81 bits per heavy atom. The Bertz CT molecular complexity index is 2320. The highest BCUT2D eigenvalue weighted by Crippen LogP contribution is 2.31. The molecule has 2 aliphatic heterocycles. The standard InChI is InChI=1S/C44H53N9O4/c1-6-8-30-19-28(4)48-43(56)36(30)24-46-42(55)35-21-32(22-39-37(35)25-47-53(39)27(2)3)31-11-13-40(45-23-31)52-17-15-34(16-18-52)51(5)26-29-9-7-10-33(20-29)49-38-12-14-41(54)50-44(38)57/h7,9-11,13,19-23,25,27,34,38,49H,6,8,12,14-18,24,26H2,1-5H3,(H,46,55)(H,48,56)(H,50,54,57). The van der Waals surface area contributed by atoms with Gasteiger partial charge in [0.25, 0.3) is 11.5 Å². The van der Waals surface area contributed by atoms with Crippen molar-refractivity contribution in [3.05, 3.63) is 105 Å². The van der Waals surface area contributed by atoms with Crippen LogP contribution in [-0.4, -0.2) is 74.6 Å². The number of amides is 3. The van der Waals surface area contributed by atoms with Crippen LogP contribution >= 0.6 is 0 Å². The predicted molar refractivity (Wildman–Crippen MR) is 223 cm³/mol. The van der Waals surface area contributed by atoms with Crippen LogP contribution in [0.3, 0.4) is 0 Å². The highest BCUT2D eigenvalue weighted by atomic mass is 16.2. The molecule has 0 radical (unpaired) electrons. The Balaban J connectivity index is 1.01. The third-order valence-electron chi connectivity index (χ3n) is 11.2. The maximum Gasteiger partial charge on any atom is 0.253 e. The molecule has 4 N–H and O–H groups in total. The summed E-state index contributed by atoms with van der Waals surface area (Å²) in [6.07, 6.45) is 8.11. The number of rotatable bonds is 13. The van der Waals surface area contributed by atoms with Gasteiger partial charge in [-0.1, -0.05) is 25.5 Å². The van der Waals surface area contributed by atoms with Crippen LogP contribution in [0.4, 0.5) is 11.5 Å². The van der Waals surface area contributed by atoms with Crippen LogP contribution in [0.2, 0.25) is 0 Å². The molecule has 2 aromatic carbocycles. The van der Waals surface area contributed by atoms with Crippen molar-refractivity contribution in [1.29, 1.82) is 0 Å². The van der Waals surface area contributed by atoms with E-state index in [9.17, 15) is 19.2 Å². The fraction of sp³-hybridized carbons (Fsp3) is 0.409. The normalized spacial score (nSPS) is 16.4. The first kappa shape index (κ1) is 39.4. The van der Waals surface area contributed by atoms with Crippen molar-refractivity contribution in [3.63, 3.8) is 0 Å². The maximum atomic E-state index is 13.9. The molecule has 13 heteroatoms. The Kier molecular flexibility index (Phi) is 11.8. The topological polar surface area (TPSA) is 157 Å². The molecule has 5 heterocycles. The van der Waals surface area contributed by atoms with Gasteiger partial charge in [-0.3, -0.25) is 34.1 Å². The molecule has 2 aliphatic rings. The van der Waals surface area contributed by atoms with Crippen LogP contribution in [0.25, 0.3) is 22.0 Å². The molecule has 2 saturated heterocycles. The highest BCUT2D eigenvalue weighted by molar-refractivity contribution is 6.08. The van der Waals surface area contributed by atoms with E-state index in [0.717, 1.165) is 95.7 Å². The van der Waals surface area contributed by atoms with E-state index in [1.165, 1.54) is 0 Å². The minimum Gasteiger partial charge on any atom is -0.374 e. The first-order chi connectivity index (χ1) is 27.5. The van der Waals surface area contributed by atoms with Crippen LogP contribution < -0.4 is 26.4 Å². The maximum absolute atomic E-state index is 13.9. The summed E-state index contributed by atoms with van der Waals surface area (Å²) < 4.78 is 1.93. The Morgan fingerprint density at radius 1 is 1.00 bits per heavy atom. The van der Waals surface area contributed by atoms with Crippen molar-refractivity contribution in [1.82, 2.24) is 35.3 Å². The van der Waals surface area contributed by atoms with Gasteiger partial charge >= 0.3 is 0 Å². The number of fused-ring (bicyclic) bond motifs is 1. The first-order valence-electron chi connectivity index (χ1n) is 20.1. The summed E-state index contributed by atoms with van der Waals surface area (Å²) in [6, 6.07) is 18.3. The fourth-order valence-corrected chi connectivity index (χ4v) is 8.13. The molecule has 0 bridgehead atoms. The summed E-state index contributed by atoms with van der Waals surface area (Å²) in [5, 5.41) is 14.1. The van der Waals surface area contributed by atoms with Crippen molar-refractivity contribution in [2.75, 3.05) is 30.4 Å². The Hall–Kier alpha value is -5.82. The monoisotopic (exact) mass is 771 g/mol. The number of hydrogen-bond acceptors (Lipinski definition) is 9. The summed E-state index contributed by atoms with van der Waals surface area (Å²) in [6.45, 7) is 10.8. The number of anilines is 2. The minimum atomic E-state index is -0.410. The van der Waals surface area contributed by atoms with Gasteiger partial charge in [0, 0.05) is 78.8 Å². The van der Waals surface area contributed by atoms with Gasteiger partial charge < -0.3 is 20.5 Å². The zero-order valence-corrected chi connectivity index (χ0v) is 33.5. The second-order valence-corrected chi connectivity index (χ2v) is 15.7. The van der Waals surface area contributed by atoms with Crippen LogP contribution in [0.5, 0.6) is 0 Å². The number of nitrogens with one attached hydrogen (secondary N) is 4. The smallest absolute Gasteiger partial charge is 0.253 e. The van der Waals surface area contributed by atoms with Crippen LogP contribution in [-0.2, 0) is 29.1 Å². The number of imide groups is 1. The highest BCUT2D eigenvalue weighted by Gasteiger charge is 2.27. The van der Waals surface area contributed by atoms with Crippen LogP contribution in [0.1, 0.15) is 91.7 Å². The molecule has 57 heavy (non-hydrogen) atoms. The third-order valence-corrected chi connectivity index (χ3v) is 11.2. The minimum absolute atomic E-state index is 0.0889. The largest absolute Gasteiger partial charge is 0.374 e. The van der Waals surface area contributed by atoms with Gasteiger partial charge in [-0.15, -0.1) is 0 Å². The van der Waals surface area contributed by atoms with E-state index in [1.54, 1.807) is 6.20 Å². The zero-order chi connectivity index (χ0) is 40.2. The number of aryl methyl sites for hydroxylation is 2. The molecule has 2 fully saturated rings. The first-order valence-corrected chi connectivity index (χ1v) is 20.1. The molecule has 0 spiro atoms. The number of nitrogens with zero attached hydrogens (tertiary/aromatic N) is 5. The summed E-state index contributed by atoms with van der Waals surface area (Å²) in [7, 11) is 2.16. The van der Waals surface area contributed by atoms with E-state index in [4.69, 9.17) is 4.98 Å². The van der Waals surface area contributed by atoms with Crippen molar-refractivity contribution in [3.8, 4) is 11.1 Å². The number of piperidine rings is 2. The van der Waals surface area contributed by atoms with Gasteiger partial charge in [-0.25, -0.2) is 4.98 Å². The van der Waals surface area contributed by atoms with Crippen molar-refractivity contribution in [2.24, 2.45) is 0 Å². The van der Waals surface area contributed by atoms with Gasteiger partial charge in [0.2, 0.25) is 11.8 Å². The number of carbonyl (C=O) groups excluding carboxylic acids is 3. The number of hydrogen-bond donors (Lipinski definition) is 4. The molecular formula is C44H53N9O4. The van der Waals surface area contributed by atoms with Crippen molar-refractivity contribution < 1.29 is 14.4 Å². The van der Waals surface area contributed by atoms with Gasteiger partial charge in [0.05, 0.1) is 17.3 Å². The van der Waals surface area contributed by atoms with E-state index in [1.807, 2.05) is 42.1 Å². The number of carbonyl (C=O) groups is 3. The number of aromatic amines is 1. The lowest BCUT2D eigenvalue weighted by atomic mass is 10.00. The zero-order valence-electron chi connectivity index (χ0n) is 33.5. The van der Waals surface area contributed by atoms with Gasteiger partial charge in [-0.05, 0) is 113 Å². The molecule has 5 aromatic rings. The molecule has 298 valence electrons. The predicted octanol–water partition coefficient (Wildman–Crippen LogP) is 5.88. The SMILES string of the molecule is CCCc1cc(C)[nH]c(=O)c1CNC(=O)c1cc(-c2ccc(N3CCC(N(C)Cc4cccc(NC5CCC(=O)NC5=O)c4)CC3)nc2)cc2c1cnn2C(C)C. The molecule has 0 saturated carbocycles. The Morgan fingerprint density at radius 3 is 2.53 bits per heavy atom. The lowest BCUT2D eigenvalue weighted by Gasteiger charge is -2.37. The third kappa shape index (κ3) is 8.93. The van der Waals surface area contributed by atoms with Crippen molar-refractivity contribution >= 4 is 40.1 Å². The second-order valence-electron chi connectivity index (χ2n) is 15.7. The Labute approximate surface area is 333 Å².